The molecule has 5 nitrogen and oxygen atoms in total. The molecule has 4 rings (SSSR count). The van der Waals surface area contributed by atoms with E-state index < -0.39 is 5.63 Å². The summed E-state index contributed by atoms with van der Waals surface area (Å²) in [6.07, 6.45) is 6.23. The van der Waals surface area contributed by atoms with Crippen LogP contribution in [0, 0.1) is 18.8 Å². The van der Waals surface area contributed by atoms with Crippen LogP contribution in [0.3, 0.4) is 0 Å². The average molecular weight is 390 g/mol. The van der Waals surface area contributed by atoms with Gasteiger partial charge in [0.1, 0.15) is 11.3 Å². The lowest BCUT2D eigenvalue weighted by molar-refractivity contribution is -0.136. The van der Waals surface area contributed by atoms with Gasteiger partial charge in [0.2, 0.25) is 0 Å². The Morgan fingerprint density at radius 2 is 2.00 bits per heavy atom. The number of nitrogens with zero attached hydrogens (tertiary/aromatic N) is 1. The van der Waals surface area contributed by atoms with Crippen molar-refractivity contribution in [2.24, 2.45) is 11.8 Å². The molecular weight excluding hydrogens is 366 g/mol. The van der Waals surface area contributed by atoms with Gasteiger partial charge >= 0.3 is 5.63 Å². The molecule has 1 aliphatic carbocycles. The lowest BCUT2D eigenvalue weighted by atomic mass is 9.75. The summed E-state index contributed by atoms with van der Waals surface area (Å²) < 4.78 is 10.9. The van der Waals surface area contributed by atoms with E-state index in [0.717, 1.165) is 36.4 Å². The number of ether oxygens (including phenoxy) is 1. The van der Waals surface area contributed by atoms with Crippen molar-refractivity contribution in [3.63, 3.8) is 0 Å². The van der Waals surface area contributed by atoms with Crippen molar-refractivity contribution in [3.8, 4) is 5.75 Å². The number of hydrogen-bond donors (Lipinski definition) is 0. The first-order valence-corrected chi connectivity index (χ1v) is 10.0. The maximum atomic E-state index is 12.6. The number of carbonyl (C=O) groups is 1. The Morgan fingerprint density at radius 3 is 2.81 bits per heavy atom. The normalized spacial score (nSPS) is 22.5. The van der Waals surface area contributed by atoms with E-state index in [9.17, 15) is 9.59 Å². The van der Waals surface area contributed by atoms with Gasteiger partial charge in [0.05, 0.1) is 5.02 Å². The van der Waals surface area contributed by atoms with Gasteiger partial charge in [-0.15, -0.1) is 0 Å². The first-order chi connectivity index (χ1) is 13.0. The van der Waals surface area contributed by atoms with E-state index in [1.165, 1.54) is 31.7 Å². The maximum Gasteiger partial charge on any atom is 0.336 e. The van der Waals surface area contributed by atoms with E-state index in [1.807, 2.05) is 11.8 Å². The minimum absolute atomic E-state index is 0.0131. The quantitative estimate of drug-likeness (QED) is 0.739. The molecule has 1 aromatic heterocycles. The van der Waals surface area contributed by atoms with Gasteiger partial charge in [0.25, 0.3) is 5.91 Å². The van der Waals surface area contributed by atoms with Crippen LogP contribution in [-0.2, 0) is 4.79 Å². The van der Waals surface area contributed by atoms with Crippen LogP contribution < -0.4 is 10.4 Å². The summed E-state index contributed by atoms with van der Waals surface area (Å²) in [5.41, 5.74) is 0.788. The lowest BCUT2D eigenvalue weighted by Crippen LogP contribution is -2.46. The average Bonchev–Trinajstić information content (AvgIpc) is 2.66. The van der Waals surface area contributed by atoms with Crippen LogP contribution in [0.25, 0.3) is 11.0 Å². The third-order valence-electron chi connectivity index (χ3n) is 6.00. The second-order valence-electron chi connectivity index (χ2n) is 7.75. The molecule has 2 atom stereocenters. The van der Waals surface area contributed by atoms with Gasteiger partial charge in [-0.05, 0) is 43.2 Å². The van der Waals surface area contributed by atoms with Crippen LogP contribution in [0.2, 0.25) is 5.02 Å². The van der Waals surface area contributed by atoms with Crippen LogP contribution in [0.15, 0.2) is 27.4 Å². The van der Waals surface area contributed by atoms with E-state index in [2.05, 4.69) is 0 Å². The molecule has 1 amide bonds. The Morgan fingerprint density at radius 1 is 1.22 bits per heavy atom. The standard InChI is InChI=1S/C21H24ClNO4/c1-13-8-21(25)27-18-10-19(17(22)9-16(13)18)26-12-20(24)23-7-6-14-4-2-3-5-15(14)11-23/h8-10,14-15H,2-7,11-12H2,1H3/t14-,15-/m1/s1. The predicted molar refractivity (Wildman–Crippen MR) is 104 cm³/mol. The summed E-state index contributed by atoms with van der Waals surface area (Å²) in [4.78, 5) is 26.1. The monoisotopic (exact) mass is 389 g/mol. The van der Waals surface area contributed by atoms with Gasteiger partial charge in [-0.3, -0.25) is 4.79 Å². The smallest absolute Gasteiger partial charge is 0.336 e. The number of halogens is 1. The third kappa shape index (κ3) is 3.84. The Bertz CT molecular complexity index is 922. The number of piperidine rings is 1. The van der Waals surface area contributed by atoms with Crippen LogP contribution >= 0.6 is 11.6 Å². The molecule has 27 heavy (non-hydrogen) atoms. The summed E-state index contributed by atoms with van der Waals surface area (Å²) in [7, 11) is 0. The third-order valence-corrected chi connectivity index (χ3v) is 6.29. The highest BCUT2D eigenvalue weighted by molar-refractivity contribution is 6.32. The van der Waals surface area contributed by atoms with Gasteiger partial charge < -0.3 is 14.1 Å². The molecule has 0 bridgehead atoms. The number of amides is 1. The van der Waals surface area contributed by atoms with E-state index in [4.69, 9.17) is 20.8 Å². The van der Waals surface area contributed by atoms with Crippen molar-refractivity contribution in [3.05, 3.63) is 39.2 Å². The number of hydrogen-bond acceptors (Lipinski definition) is 4. The molecule has 1 aromatic carbocycles. The zero-order valence-electron chi connectivity index (χ0n) is 15.5. The molecule has 6 heteroatoms. The molecule has 0 radical (unpaired) electrons. The number of carbonyl (C=O) groups excluding carboxylic acids is 1. The Kier molecular flexibility index (Phi) is 5.13. The first kappa shape index (κ1) is 18.4. The zero-order chi connectivity index (χ0) is 19.0. The second-order valence-corrected chi connectivity index (χ2v) is 8.16. The molecule has 2 fully saturated rings. The SMILES string of the molecule is Cc1cc(=O)oc2cc(OCC(=O)N3CC[C@H]4CCCC[C@@H]4C3)c(Cl)cc12. The van der Waals surface area contributed by atoms with E-state index >= 15 is 0 Å². The van der Waals surface area contributed by atoms with Crippen molar-refractivity contribution in [2.75, 3.05) is 19.7 Å². The molecule has 0 unspecified atom stereocenters. The number of likely N-dealkylation sites (tertiary alicyclic amines) is 1. The molecule has 2 aromatic rings. The molecule has 2 heterocycles. The van der Waals surface area contributed by atoms with Crippen LogP contribution in [0.4, 0.5) is 0 Å². The van der Waals surface area contributed by atoms with Crippen LogP contribution in [0.5, 0.6) is 5.75 Å². The maximum absolute atomic E-state index is 12.6. The number of aryl methyl sites for hydroxylation is 1. The topological polar surface area (TPSA) is 59.8 Å². The largest absolute Gasteiger partial charge is 0.482 e. The number of benzene rings is 1. The zero-order valence-corrected chi connectivity index (χ0v) is 16.3. The molecule has 144 valence electrons. The first-order valence-electron chi connectivity index (χ1n) is 9.66. The highest BCUT2D eigenvalue weighted by Gasteiger charge is 2.33. The summed E-state index contributed by atoms with van der Waals surface area (Å²) in [6.45, 7) is 3.42. The highest BCUT2D eigenvalue weighted by Crippen LogP contribution is 2.36. The van der Waals surface area contributed by atoms with Gasteiger partial charge in [0, 0.05) is 30.6 Å². The van der Waals surface area contributed by atoms with Gasteiger partial charge in [-0.25, -0.2) is 4.79 Å². The van der Waals surface area contributed by atoms with Crippen molar-refractivity contribution in [1.29, 1.82) is 0 Å². The fraction of sp³-hybridized carbons (Fsp3) is 0.524. The molecule has 0 N–H and O–H groups in total. The molecule has 1 saturated heterocycles. The predicted octanol–water partition coefficient (Wildman–Crippen LogP) is 4.17. The molecule has 2 aliphatic rings. The van der Waals surface area contributed by atoms with Crippen LogP contribution in [-0.4, -0.2) is 30.5 Å². The van der Waals surface area contributed by atoms with Crippen molar-refractivity contribution in [1.82, 2.24) is 4.90 Å². The number of rotatable bonds is 3. The Balaban J connectivity index is 1.44. The van der Waals surface area contributed by atoms with Crippen molar-refractivity contribution >= 4 is 28.5 Å². The highest BCUT2D eigenvalue weighted by atomic mass is 35.5. The summed E-state index contributed by atoms with van der Waals surface area (Å²) >= 11 is 6.31. The molecule has 1 saturated carbocycles. The van der Waals surface area contributed by atoms with Crippen LogP contribution in [0.1, 0.15) is 37.7 Å². The molecular formula is C21H24ClNO4. The lowest BCUT2D eigenvalue weighted by Gasteiger charge is -2.41. The number of fused-ring (bicyclic) bond motifs is 2. The van der Waals surface area contributed by atoms with Gasteiger partial charge in [-0.1, -0.05) is 30.9 Å². The summed E-state index contributed by atoms with van der Waals surface area (Å²) in [6, 6.07) is 4.73. The molecule has 1 aliphatic heterocycles. The van der Waals surface area contributed by atoms with E-state index in [0.29, 0.717) is 22.3 Å². The minimum Gasteiger partial charge on any atom is -0.482 e. The van der Waals surface area contributed by atoms with Crippen molar-refractivity contribution < 1.29 is 13.9 Å². The molecule has 0 spiro atoms. The van der Waals surface area contributed by atoms with E-state index in [1.54, 1.807) is 12.1 Å². The van der Waals surface area contributed by atoms with Gasteiger partial charge in [-0.2, -0.15) is 0 Å². The fourth-order valence-electron chi connectivity index (χ4n) is 4.49. The summed E-state index contributed by atoms with van der Waals surface area (Å²) in [5.74, 6) is 1.77. The summed E-state index contributed by atoms with van der Waals surface area (Å²) in [5, 5.41) is 1.16. The van der Waals surface area contributed by atoms with E-state index in [-0.39, 0.29) is 12.5 Å². The van der Waals surface area contributed by atoms with Crippen molar-refractivity contribution in [2.45, 2.75) is 39.0 Å². The van der Waals surface area contributed by atoms with Gasteiger partial charge in [0.15, 0.2) is 6.61 Å². The minimum atomic E-state index is -0.417. The fourth-order valence-corrected chi connectivity index (χ4v) is 4.71. The second kappa shape index (κ2) is 7.55. The Hall–Kier alpha value is -2.01. The Labute approximate surface area is 163 Å².